The second-order valence-electron chi connectivity index (χ2n) is 2.66. The van der Waals surface area contributed by atoms with Crippen LogP contribution in [0.4, 0.5) is 0 Å². The molecule has 0 aliphatic carbocycles. The van der Waals surface area contributed by atoms with E-state index in [1.807, 2.05) is 53.7 Å². The van der Waals surface area contributed by atoms with Crippen LogP contribution in [-0.2, 0) is 0 Å². The first-order chi connectivity index (χ1) is 7.77. The average molecular weight is 222 g/mol. The van der Waals surface area contributed by atoms with Gasteiger partial charge in [0.2, 0.25) is 0 Å². The number of hydrogen-bond acceptors (Lipinski definition) is 2. The van der Waals surface area contributed by atoms with Gasteiger partial charge < -0.3 is 5.32 Å². The second kappa shape index (κ2) is 11.8. The Morgan fingerprint density at radius 1 is 1.25 bits per heavy atom. The molecule has 0 aromatic heterocycles. The molecule has 0 saturated heterocycles. The van der Waals surface area contributed by atoms with Gasteiger partial charge in [0.05, 0.1) is 12.4 Å². The number of nitrogens with zero attached hydrogens (tertiary/aromatic N) is 1. The fourth-order valence-corrected chi connectivity index (χ4v) is 1.15. The van der Waals surface area contributed by atoms with E-state index < -0.39 is 0 Å². The van der Waals surface area contributed by atoms with Gasteiger partial charge in [0, 0.05) is 5.70 Å². The van der Waals surface area contributed by atoms with Gasteiger partial charge in [-0.25, -0.2) is 0 Å². The van der Waals surface area contributed by atoms with Gasteiger partial charge in [-0.1, -0.05) is 52.5 Å². The Bertz CT molecular complexity index is 270. The van der Waals surface area contributed by atoms with Crippen LogP contribution in [0.15, 0.2) is 41.1 Å². The van der Waals surface area contributed by atoms with Crippen LogP contribution in [0.2, 0.25) is 0 Å². The Kier molecular flexibility index (Phi) is 12.6. The summed E-state index contributed by atoms with van der Waals surface area (Å²) in [6, 6.07) is 0. The number of nitrogens with one attached hydrogen (secondary N) is 1. The van der Waals surface area contributed by atoms with Crippen molar-refractivity contribution in [2.45, 2.75) is 41.5 Å². The van der Waals surface area contributed by atoms with Crippen LogP contribution >= 0.6 is 0 Å². The lowest BCUT2D eigenvalue weighted by Crippen LogP contribution is -2.26. The third-order valence-corrected chi connectivity index (χ3v) is 1.76. The molecular formula is C14H26N2. The van der Waals surface area contributed by atoms with E-state index >= 15 is 0 Å². The highest BCUT2D eigenvalue weighted by molar-refractivity contribution is 5.83. The Morgan fingerprint density at radius 3 is 2.25 bits per heavy atom. The van der Waals surface area contributed by atoms with Crippen molar-refractivity contribution < 1.29 is 0 Å². The van der Waals surface area contributed by atoms with E-state index in [9.17, 15) is 0 Å². The standard InChI is InChI=1S/C10H14N2.2C2H6/c1-4-6-9-7-11-8(3)12-10(9)5-2;2*1-2/h4-6H,1,7H2,2-3H3,(H,11,12);2*1-2H3/b9-6-,10-5+;;. The summed E-state index contributed by atoms with van der Waals surface area (Å²) in [5.74, 6) is 0.976. The van der Waals surface area contributed by atoms with Crippen molar-refractivity contribution in [2.75, 3.05) is 6.54 Å². The Morgan fingerprint density at radius 2 is 1.81 bits per heavy atom. The number of allylic oxidation sites excluding steroid dienone is 3. The van der Waals surface area contributed by atoms with Crippen LogP contribution in [0, 0.1) is 0 Å². The third kappa shape index (κ3) is 6.23. The highest BCUT2D eigenvalue weighted by Crippen LogP contribution is 2.11. The summed E-state index contributed by atoms with van der Waals surface area (Å²) in [5, 5.41) is 3.20. The maximum absolute atomic E-state index is 4.28. The van der Waals surface area contributed by atoms with E-state index in [1.54, 1.807) is 6.08 Å². The molecule has 1 aliphatic heterocycles. The lowest BCUT2D eigenvalue weighted by molar-refractivity contribution is 0.974. The minimum Gasteiger partial charge on any atom is -0.344 e. The molecule has 1 N–H and O–H groups in total. The van der Waals surface area contributed by atoms with Gasteiger partial charge >= 0.3 is 0 Å². The highest BCUT2D eigenvalue weighted by atomic mass is 15.0. The van der Waals surface area contributed by atoms with Gasteiger partial charge in [0.15, 0.2) is 0 Å². The lowest BCUT2D eigenvalue weighted by atomic mass is 10.1. The maximum Gasteiger partial charge on any atom is 0.0979 e. The lowest BCUT2D eigenvalue weighted by Gasteiger charge is -2.17. The van der Waals surface area contributed by atoms with Crippen molar-refractivity contribution in [3.05, 3.63) is 36.1 Å². The number of aliphatic imine (C=N–C) groups is 1. The summed E-state index contributed by atoms with van der Waals surface area (Å²) in [6.07, 6.45) is 5.82. The van der Waals surface area contributed by atoms with Gasteiger partial charge in [0.1, 0.15) is 0 Å². The van der Waals surface area contributed by atoms with E-state index in [4.69, 9.17) is 0 Å². The zero-order chi connectivity index (χ0) is 13.0. The zero-order valence-electron chi connectivity index (χ0n) is 11.6. The molecule has 1 heterocycles. The summed E-state index contributed by atoms with van der Waals surface area (Å²) in [7, 11) is 0. The Hall–Kier alpha value is -1.31. The third-order valence-electron chi connectivity index (χ3n) is 1.76. The van der Waals surface area contributed by atoms with Gasteiger partial charge in [0.25, 0.3) is 0 Å². The first kappa shape index (κ1) is 17.1. The summed E-state index contributed by atoms with van der Waals surface area (Å²) in [5.41, 5.74) is 2.33. The monoisotopic (exact) mass is 222 g/mol. The average Bonchev–Trinajstić information content (AvgIpc) is 2.36. The number of rotatable bonds is 1. The topological polar surface area (TPSA) is 24.4 Å². The first-order valence-electron chi connectivity index (χ1n) is 6.04. The Balaban J connectivity index is 0. The minimum atomic E-state index is 0.754. The quantitative estimate of drug-likeness (QED) is 0.710. The molecule has 0 amide bonds. The van der Waals surface area contributed by atoms with Crippen LogP contribution in [0.1, 0.15) is 41.5 Å². The van der Waals surface area contributed by atoms with Crippen molar-refractivity contribution in [1.82, 2.24) is 5.32 Å². The van der Waals surface area contributed by atoms with Gasteiger partial charge in [-0.15, -0.1) is 0 Å². The van der Waals surface area contributed by atoms with Crippen LogP contribution in [0.5, 0.6) is 0 Å². The normalized spacial score (nSPS) is 18.5. The highest BCUT2D eigenvalue weighted by Gasteiger charge is 2.08. The predicted molar refractivity (Wildman–Crippen MR) is 75.8 cm³/mol. The van der Waals surface area contributed by atoms with Crippen molar-refractivity contribution in [3.8, 4) is 0 Å². The molecular weight excluding hydrogens is 196 g/mol. The molecule has 1 rings (SSSR count). The first-order valence-corrected chi connectivity index (χ1v) is 6.04. The zero-order valence-corrected chi connectivity index (χ0v) is 11.6. The number of amidine groups is 1. The second-order valence-corrected chi connectivity index (χ2v) is 2.66. The Labute approximate surface area is 101 Å². The molecule has 2 nitrogen and oxygen atoms in total. The predicted octanol–water partition coefficient (Wildman–Crippen LogP) is 4.08. The molecule has 92 valence electrons. The maximum atomic E-state index is 4.28. The van der Waals surface area contributed by atoms with Gasteiger partial charge in [-0.3, -0.25) is 4.99 Å². The molecule has 2 heteroatoms. The largest absolute Gasteiger partial charge is 0.344 e. The molecule has 0 bridgehead atoms. The molecule has 0 aromatic carbocycles. The van der Waals surface area contributed by atoms with Gasteiger partial charge in [-0.2, -0.15) is 0 Å². The molecule has 0 atom stereocenters. The molecule has 0 unspecified atom stereocenters. The fraction of sp³-hybridized carbons (Fsp3) is 0.500. The minimum absolute atomic E-state index is 0.754. The van der Waals surface area contributed by atoms with E-state index in [-0.39, 0.29) is 0 Å². The van der Waals surface area contributed by atoms with E-state index in [0.29, 0.717) is 0 Å². The molecule has 16 heavy (non-hydrogen) atoms. The van der Waals surface area contributed by atoms with Gasteiger partial charge in [-0.05, 0) is 19.4 Å². The van der Waals surface area contributed by atoms with E-state index in [0.717, 1.165) is 18.1 Å². The van der Waals surface area contributed by atoms with Crippen molar-refractivity contribution in [3.63, 3.8) is 0 Å². The van der Waals surface area contributed by atoms with E-state index in [1.165, 1.54) is 5.57 Å². The van der Waals surface area contributed by atoms with Crippen LogP contribution in [-0.4, -0.2) is 12.4 Å². The summed E-state index contributed by atoms with van der Waals surface area (Å²) < 4.78 is 0. The van der Waals surface area contributed by atoms with Crippen molar-refractivity contribution in [2.24, 2.45) is 4.99 Å². The van der Waals surface area contributed by atoms with Crippen LogP contribution in [0.25, 0.3) is 0 Å². The van der Waals surface area contributed by atoms with Crippen LogP contribution in [0.3, 0.4) is 0 Å². The van der Waals surface area contributed by atoms with Crippen LogP contribution < -0.4 is 5.32 Å². The molecule has 0 aromatic rings. The molecule has 1 aliphatic rings. The van der Waals surface area contributed by atoms with E-state index in [2.05, 4.69) is 16.9 Å². The smallest absolute Gasteiger partial charge is 0.0979 e. The summed E-state index contributed by atoms with van der Waals surface area (Å²) in [6.45, 7) is 16.4. The van der Waals surface area contributed by atoms with Crippen molar-refractivity contribution in [1.29, 1.82) is 0 Å². The molecule has 0 fully saturated rings. The summed E-state index contributed by atoms with van der Waals surface area (Å²) in [4.78, 5) is 4.28. The molecule has 0 saturated carbocycles. The number of hydrogen-bond donors (Lipinski definition) is 1. The fourth-order valence-electron chi connectivity index (χ4n) is 1.15. The summed E-state index contributed by atoms with van der Waals surface area (Å²) >= 11 is 0. The molecule has 0 spiro atoms. The van der Waals surface area contributed by atoms with Crippen molar-refractivity contribution >= 4 is 5.84 Å². The molecule has 0 radical (unpaired) electrons. The SMILES string of the molecule is C=C/C=C1/CN=C(C)N/C1=C/C.CC.CC.